The summed E-state index contributed by atoms with van der Waals surface area (Å²) in [6.07, 6.45) is 8.60. The van der Waals surface area contributed by atoms with Gasteiger partial charge >= 0.3 is 0 Å². The van der Waals surface area contributed by atoms with Crippen LogP contribution >= 0.6 is 0 Å². The summed E-state index contributed by atoms with van der Waals surface area (Å²) >= 11 is 0. The highest BCUT2D eigenvalue weighted by atomic mass is 16.2. The van der Waals surface area contributed by atoms with E-state index in [1.54, 1.807) is 0 Å². The lowest BCUT2D eigenvalue weighted by atomic mass is 10.1. The Hall–Kier alpha value is -1.55. The van der Waals surface area contributed by atoms with E-state index < -0.39 is 0 Å². The molecule has 0 aliphatic rings. The van der Waals surface area contributed by atoms with E-state index in [9.17, 15) is 4.79 Å². The summed E-state index contributed by atoms with van der Waals surface area (Å²) in [6.45, 7) is 2.19. The quantitative estimate of drug-likeness (QED) is 0.507. The Kier molecular flexibility index (Phi) is 16.8. The number of aliphatic hydroxyl groups is 1. The lowest BCUT2D eigenvalue weighted by molar-refractivity contribution is -0.118. The van der Waals surface area contributed by atoms with Crippen molar-refractivity contribution in [1.29, 1.82) is 10.5 Å². The van der Waals surface area contributed by atoms with Crippen LogP contribution in [0.25, 0.3) is 0 Å². The highest BCUT2D eigenvalue weighted by Gasteiger charge is 1.99. The first-order chi connectivity index (χ1) is 7.72. The maximum absolute atomic E-state index is 10.9. The van der Waals surface area contributed by atoms with Gasteiger partial charge in [-0.1, -0.05) is 39.0 Å². The second-order valence-electron chi connectivity index (χ2n) is 3.49. The van der Waals surface area contributed by atoms with E-state index in [2.05, 4.69) is 6.92 Å². The van der Waals surface area contributed by atoms with Gasteiger partial charge in [0.2, 0.25) is 0 Å². The molecule has 0 radical (unpaired) electrons. The Bertz CT molecular complexity index is 238. The standard InChI is InChI=1S/C11H19NO.CHNO/c1-2-3-4-5-6-7-8-11(13)9-10-12;2-1-3/h2-9H2,1H3;3H. The summed E-state index contributed by atoms with van der Waals surface area (Å²) in [6, 6.07) is 1.88. The number of nitrogens with zero attached hydrogens (tertiary/aromatic N) is 2. The van der Waals surface area contributed by atoms with Crippen LogP contribution in [0.1, 0.15) is 58.3 Å². The van der Waals surface area contributed by atoms with E-state index in [4.69, 9.17) is 15.6 Å². The van der Waals surface area contributed by atoms with Crippen molar-refractivity contribution in [3.8, 4) is 12.3 Å². The van der Waals surface area contributed by atoms with Gasteiger partial charge < -0.3 is 5.11 Å². The van der Waals surface area contributed by atoms with Crippen molar-refractivity contribution in [1.82, 2.24) is 0 Å². The van der Waals surface area contributed by atoms with Crippen LogP contribution in [0, 0.1) is 22.8 Å². The van der Waals surface area contributed by atoms with E-state index in [1.165, 1.54) is 25.7 Å². The third kappa shape index (κ3) is 18.3. The largest absolute Gasteiger partial charge is 0.443 e. The van der Waals surface area contributed by atoms with E-state index in [-0.39, 0.29) is 12.2 Å². The molecule has 0 amide bonds. The number of nitriles is 2. The van der Waals surface area contributed by atoms with Gasteiger partial charge in [0.1, 0.15) is 5.78 Å². The monoisotopic (exact) mass is 224 g/mol. The Balaban J connectivity index is 0. The van der Waals surface area contributed by atoms with Gasteiger partial charge in [-0.2, -0.15) is 10.5 Å². The molecule has 0 atom stereocenters. The van der Waals surface area contributed by atoms with Crippen LogP contribution < -0.4 is 0 Å². The maximum atomic E-state index is 10.9. The van der Waals surface area contributed by atoms with Gasteiger partial charge in [0.15, 0.2) is 0 Å². The molecule has 0 aromatic rings. The summed E-state index contributed by atoms with van der Waals surface area (Å²) in [5.74, 6) is 0.0954. The van der Waals surface area contributed by atoms with Gasteiger partial charge in [0.25, 0.3) is 6.26 Å². The first-order valence-electron chi connectivity index (χ1n) is 5.64. The topological polar surface area (TPSA) is 84.9 Å². The third-order valence-electron chi connectivity index (χ3n) is 2.09. The molecule has 4 heteroatoms. The number of ketones is 1. The zero-order valence-electron chi connectivity index (χ0n) is 9.91. The predicted molar refractivity (Wildman–Crippen MR) is 60.8 cm³/mol. The van der Waals surface area contributed by atoms with Gasteiger partial charge in [0.05, 0.1) is 12.5 Å². The molecule has 0 aromatic heterocycles. The number of carbonyl (C=O) groups excluding carboxylic acids is 1. The highest BCUT2D eigenvalue weighted by Crippen LogP contribution is 2.07. The Morgan fingerprint density at radius 1 is 1.12 bits per heavy atom. The van der Waals surface area contributed by atoms with Crippen molar-refractivity contribution >= 4 is 5.78 Å². The van der Waals surface area contributed by atoms with Crippen LogP contribution in [0.15, 0.2) is 0 Å². The van der Waals surface area contributed by atoms with E-state index in [0.717, 1.165) is 19.1 Å². The van der Waals surface area contributed by atoms with Crippen molar-refractivity contribution in [3.63, 3.8) is 0 Å². The molecule has 0 aliphatic carbocycles. The van der Waals surface area contributed by atoms with Gasteiger partial charge in [-0.25, -0.2) is 0 Å². The van der Waals surface area contributed by atoms with E-state index in [1.807, 2.05) is 6.07 Å². The lowest BCUT2D eigenvalue weighted by Gasteiger charge is -1.98. The average Bonchev–Trinajstić information content (AvgIpc) is 2.25. The normalized spacial score (nSPS) is 8.19. The lowest BCUT2D eigenvalue weighted by Crippen LogP contribution is -1.95. The molecule has 90 valence electrons. The van der Waals surface area contributed by atoms with Crippen LogP contribution in [-0.4, -0.2) is 10.9 Å². The molecule has 0 spiro atoms. The minimum Gasteiger partial charge on any atom is -0.443 e. The summed E-state index contributed by atoms with van der Waals surface area (Å²) in [7, 11) is 0. The van der Waals surface area contributed by atoms with Crippen LogP contribution in [0.4, 0.5) is 0 Å². The molecule has 16 heavy (non-hydrogen) atoms. The molecule has 0 aliphatic heterocycles. The summed E-state index contributed by atoms with van der Waals surface area (Å²) in [4.78, 5) is 10.9. The number of Topliss-reactive ketones (excluding diaryl/α,β-unsaturated/α-hetero) is 1. The SMILES string of the molecule is CCCCCCCCC(=O)CC#N.N#CO. The van der Waals surface area contributed by atoms with E-state index >= 15 is 0 Å². The fourth-order valence-electron chi connectivity index (χ4n) is 1.28. The average molecular weight is 224 g/mol. The van der Waals surface area contributed by atoms with Crippen molar-refractivity contribution in [2.45, 2.75) is 58.3 Å². The number of rotatable bonds is 8. The smallest absolute Gasteiger partial charge is 0.283 e. The molecule has 0 fully saturated rings. The fraction of sp³-hybridized carbons (Fsp3) is 0.750. The zero-order valence-corrected chi connectivity index (χ0v) is 9.91. The Morgan fingerprint density at radius 3 is 2.12 bits per heavy atom. The van der Waals surface area contributed by atoms with Crippen molar-refractivity contribution < 1.29 is 9.90 Å². The molecular weight excluding hydrogens is 204 g/mol. The maximum Gasteiger partial charge on any atom is 0.283 e. The van der Waals surface area contributed by atoms with Gasteiger partial charge in [-0.05, 0) is 6.42 Å². The molecule has 0 heterocycles. The van der Waals surface area contributed by atoms with Crippen molar-refractivity contribution in [3.05, 3.63) is 0 Å². The van der Waals surface area contributed by atoms with Crippen LogP contribution in [0.3, 0.4) is 0 Å². The highest BCUT2D eigenvalue weighted by molar-refractivity contribution is 5.80. The van der Waals surface area contributed by atoms with Crippen LogP contribution in [-0.2, 0) is 4.79 Å². The van der Waals surface area contributed by atoms with E-state index in [0.29, 0.717) is 6.42 Å². The molecule has 0 aromatic carbocycles. The molecule has 1 N–H and O–H groups in total. The van der Waals surface area contributed by atoms with Crippen LogP contribution in [0.5, 0.6) is 0 Å². The molecular formula is C12H20N2O2. The van der Waals surface area contributed by atoms with Gasteiger partial charge in [-0.15, -0.1) is 0 Å². The fourth-order valence-corrected chi connectivity index (χ4v) is 1.28. The minimum absolute atomic E-state index is 0.0922. The van der Waals surface area contributed by atoms with Gasteiger partial charge in [-0.3, -0.25) is 4.79 Å². The molecule has 0 bridgehead atoms. The van der Waals surface area contributed by atoms with Crippen LogP contribution in [0.2, 0.25) is 0 Å². The second-order valence-corrected chi connectivity index (χ2v) is 3.49. The third-order valence-corrected chi connectivity index (χ3v) is 2.09. The first-order valence-corrected chi connectivity index (χ1v) is 5.64. The number of carbonyl (C=O) groups is 1. The number of aliphatic hydroxyl groups excluding tert-OH is 1. The first kappa shape index (κ1) is 16.9. The molecule has 0 saturated carbocycles. The summed E-state index contributed by atoms with van der Waals surface area (Å²) in [5, 5.41) is 22.0. The molecule has 0 saturated heterocycles. The molecule has 0 unspecified atom stereocenters. The summed E-state index contributed by atoms with van der Waals surface area (Å²) in [5.41, 5.74) is 0. The molecule has 0 rings (SSSR count). The number of unbranched alkanes of at least 4 members (excludes halogenated alkanes) is 5. The molecule has 4 nitrogen and oxygen atoms in total. The van der Waals surface area contributed by atoms with Crippen molar-refractivity contribution in [2.75, 3.05) is 0 Å². The summed E-state index contributed by atoms with van der Waals surface area (Å²) < 4.78 is 0. The Labute approximate surface area is 97.5 Å². The zero-order chi connectivity index (χ0) is 12.6. The number of hydrogen-bond acceptors (Lipinski definition) is 4. The Morgan fingerprint density at radius 2 is 1.62 bits per heavy atom. The van der Waals surface area contributed by atoms with Gasteiger partial charge in [0, 0.05) is 6.42 Å². The van der Waals surface area contributed by atoms with Crippen molar-refractivity contribution in [2.24, 2.45) is 0 Å². The second kappa shape index (κ2) is 15.9. The minimum atomic E-state index is 0.0922. The predicted octanol–water partition coefficient (Wildman–Crippen LogP) is 3.06. The number of hydrogen-bond donors (Lipinski definition) is 1.